The summed E-state index contributed by atoms with van der Waals surface area (Å²) in [6.45, 7) is 10.4. The molecular weight excluding hydrogens is 580 g/mol. The van der Waals surface area contributed by atoms with Crippen LogP contribution in [0.3, 0.4) is 0 Å². The molecule has 8 nitrogen and oxygen atoms in total. The molecule has 3 aromatic rings. The Labute approximate surface area is 268 Å². The molecule has 2 aliphatic rings. The van der Waals surface area contributed by atoms with Gasteiger partial charge in [-0.25, -0.2) is 9.59 Å². The van der Waals surface area contributed by atoms with E-state index in [1.165, 1.54) is 0 Å². The molecule has 3 aromatic carbocycles. The lowest BCUT2D eigenvalue weighted by Crippen LogP contribution is -2.35. The van der Waals surface area contributed by atoms with Crippen LogP contribution in [0.15, 0.2) is 127 Å². The van der Waals surface area contributed by atoms with Gasteiger partial charge in [0.05, 0.1) is 11.5 Å². The molecule has 2 aliphatic carbocycles. The van der Waals surface area contributed by atoms with Gasteiger partial charge in [-0.1, -0.05) is 37.4 Å². The Morgan fingerprint density at radius 3 is 1.70 bits per heavy atom. The average Bonchev–Trinajstić information content (AvgIpc) is 3.05. The Bertz CT molecular complexity index is 1840. The van der Waals surface area contributed by atoms with Crippen molar-refractivity contribution in [2.75, 3.05) is 19.0 Å². The molecule has 5 rings (SSSR count). The van der Waals surface area contributed by atoms with Crippen LogP contribution in [-0.4, -0.2) is 47.2 Å². The molecule has 46 heavy (non-hydrogen) atoms. The maximum atomic E-state index is 13.3. The van der Waals surface area contributed by atoms with Crippen LogP contribution in [0, 0.1) is 11.8 Å². The summed E-state index contributed by atoms with van der Waals surface area (Å²) in [6, 6.07) is 21.7. The first kappa shape index (κ1) is 31.7. The standard InChI is InChI=1S/C38H34N2O6/c1-23(2)37(43)45-31-19-15-29(16-20-31)39(5)27-11-7-25(8-12-27)33-35(41)34(36(33)42)26-9-13-28(14-10-26)40(6)30-17-21-32(22-18-30)46-38(44)24(3)4/h7-22,25,33H,1,3H2,2,4-6H3/p+1. The third-order valence-corrected chi connectivity index (χ3v) is 7.94. The van der Waals surface area contributed by atoms with Gasteiger partial charge in [-0.15, -0.1) is 0 Å². The molecule has 0 aromatic heterocycles. The number of aliphatic hydroxyl groups is 1. The van der Waals surface area contributed by atoms with Crippen LogP contribution >= 0.6 is 0 Å². The van der Waals surface area contributed by atoms with E-state index in [1.807, 2.05) is 96.4 Å². The van der Waals surface area contributed by atoms with E-state index in [2.05, 4.69) is 13.2 Å². The van der Waals surface area contributed by atoms with Crippen LogP contribution in [0.2, 0.25) is 0 Å². The van der Waals surface area contributed by atoms with Crippen molar-refractivity contribution in [3.8, 4) is 11.5 Å². The number of nitrogens with zero attached hydrogens (tertiary/aromatic N) is 2. The van der Waals surface area contributed by atoms with Crippen molar-refractivity contribution in [3.63, 3.8) is 0 Å². The Morgan fingerprint density at radius 1 is 0.783 bits per heavy atom. The molecule has 0 saturated carbocycles. The van der Waals surface area contributed by atoms with Crippen molar-refractivity contribution >= 4 is 46.1 Å². The quantitative estimate of drug-likeness (QED) is 0.119. The number of anilines is 2. The lowest BCUT2D eigenvalue weighted by Gasteiger charge is -2.32. The summed E-state index contributed by atoms with van der Waals surface area (Å²) in [6.07, 6.45) is 7.71. The van der Waals surface area contributed by atoms with E-state index in [9.17, 15) is 19.5 Å². The van der Waals surface area contributed by atoms with Crippen molar-refractivity contribution in [1.29, 1.82) is 0 Å². The highest BCUT2D eigenvalue weighted by atomic mass is 16.5. The molecule has 0 amide bonds. The number of ketones is 1. The first-order chi connectivity index (χ1) is 21.9. The summed E-state index contributed by atoms with van der Waals surface area (Å²) in [5, 5.41) is 11.0. The molecule has 8 heteroatoms. The third kappa shape index (κ3) is 6.51. The zero-order valence-corrected chi connectivity index (χ0v) is 26.2. The van der Waals surface area contributed by atoms with Gasteiger partial charge in [0.1, 0.15) is 24.3 Å². The van der Waals surface area contributed by atoms with E-state index in [4.69, 9.17) is 9.47 Å². The molecule has 1 atom stereocenters. The minimum absolute atomic E-state index is 0.0852. The second-order valence-corrected chi connectivity index (χ2v) is 11.3. The SMILES string of the molecule is C=C(C)C(=O)Oc1ccc(N(C)c2ccc(C3=C(O)C(C4C=CC(=[N+](C)c5ccc(OC(=O)C(=C)C)cc5)C=C4)C3=O)cc2)cc1. The summed E-state index contributed by atoms with van der Waals surface area (Å²) >= 11 is 0. The van der Waals surface area contributed by atoms with E-state index in [0.717, 1.165) is 22.8 Å². The van der Waals surface area contributed by atoms with Crippen molar-refractivity contribution in [2.45, 2.75) is 13.8 Å². The highest BCUT2D eigenvalue weighted by Crippen LogP contribution is 2.42. The van der Waals surface area contributed by atoms with E-state index in [0.29, 0.717) is 33.8 Å². The van der Waals surface area contributed by atoms with Crippen LogP contribution in [0.1, 0.15) is 19.4 Å². The number of benzene rings is 3. The normalized spacial score (nSPS) is 16.9. The maximum Gasteiger partial charge on any atom is 0.338 e. The molecule has 1 N–H and O–H groups in total. The number of ether oxygens (including phenoxy) is 2. The van der Waals surface area contributed by atoms with Crippen LogP contribution in [0.5, 0.6) is 11.5 Å². The fourth-order valence-electron chi connectivity index (χ4n) is 5.13. The van der Waals surface area contributed by atoms with Gasteiger partial charge in [-0.3, -0.25) is 4.79 Å². The Morgan fingerprint density at radius 2 is 1.24 bits per heavy atom. The predicted octanol–water partition coefficient (Wildman–Crippen LogP) is 7.04. The number of rotatable bonds is 9. The molecule has 0 bridgehead atoms. The largest absolute Gasteiger partial charge is 0.511 e. The first-order valence-corrected chi connectivity index (χ1v) is 14.7. The third-order valence-electron chi connectivity index (χ3n) is 7.94. The van der Waals surface area contributed by atoms with Crippen LogP contribution in [0.4, 0.5) is 17.1 Å². The van der Waals surface area contributed by atoms with Gasteiger partial charge in [0, 0.05) is 59.8 Å². The maximum absolute atomic E-state index is 13.3. The first-order valence-electron chi connectivity index (χ1n) is 14.7. The Hall–Kier alpha value is -5.76. The lowest BCUT2D eigenvalue weighted by atomic mass is 9.71. The average molecular weight is 616 g/mol. The number of carbonyl (C=O) groups excluding carboxylic acids is 3. The molecule has 0 saturated heterocycles. The lowest BCUT2D eigenvalue weighted by molar-refractivity contribution is -0.403. The number of hydrogen-bond acceptors (Lipinski definition) is 7. The fourth-order valence-corrected chi connectivity index (χ4v) is 5.13. The van der Waals surface area contributed by atoms with Crippen molar-refractivity contribution in [1.82, 2.24) is 0 Å². The van der Waals surface area contributed by atoms with Crippen LogP contribution < -0.4 is 14.4 Å². The summed E-state index contributed by atoms with van der Waals surface area (Å²) in [5.74, 6) is -0.992. The minimum atomic E-state index is -0.628. The molecule has 0 spiro atoms. The number of Topliss-reactive ketones (excluding diaryl/α,β-unsaturated/α-hetero) is 1. The smallest absolute Gasteiger partial charge is 0.338 e. The van der Waals surface area contributed by atoms with Crippen LogP contribution in [0.25, 0.3) is 5.57 Å². The second kappa shape index (κ2) is 13.1. The van der Waals surface area contributed by atoms with Gasteiger partial charge in [0.15, 0.2) is 5.78 Å². The van der Waals surface area contributed by atoms with E-state index < -0.39 is 17.9 Å². The van der Waals surface area contributed by atoms with Gasteiger partial charge in [0.25, 0.3) is 0 Å². The molecular formula is C38H35N2O6+. The van der Waals surface area contributed by atoms with Gasteiger partial charge in [-0.05, 0) is 67.9 Å². The zero-order chi connectivity index (χ0) is 33.1. The molecule has 0 aliphatic heterocycles. The van der Waals surface area contributed by atoms with E-state index in [-0.39, 0.29) is 17.5 Å². The highest BCUT2D eigenvalue weighted by Gasteiger charge is 2.44. The van der Waals surface area contributed by atoms with Crippen LogP contribution in [-0.2, 0) is 14.4 Å². The van der Waals surface area contributed by atoms with Gasteiger partial charge in [0.2, 0.25) is 11.4 Å². The fraction of sp³-hybridized carbons (Fsp3) is 0.158. The molecule has 0 heterocycles. The Balaban J connectivity index is 1.23. The number of hydrogen-bond donors (Lipinski definition) is 1. The zero-order valence-electron chi connectivity index (χ0n) is 26.2. The van der Waals surface area contributed by atoms with Gasteiger partial charge in [-0.2, -0.15) is 4.58 Å². The second-order valence-electron chi connectivity index (χ2n) is 11.3. The number of esters is 2. The minimum Gasteiger partial charge on any atom is -0.511 e. The molecule has 0 fully saturated rings. The van der Waals surface area contributed by atoms with Crippen molar-refractivity contribution in [2.24, 2.45) is 11.8 Å². The van der Waals surface area contributed by atoms with E-state index in [1.54, 1.807) is 38.1 Å². The molecule has 1 unspecified atom stereocenters. The summed E-state index contributed by atoms with van der Waals surface area (Å²) in [4.78, 5) is 38.7. The molecule has 0 radical (unpaired) electrons. The highest BCUT2D eigenvalue weighted by molar-refractivity contribution is 6.30. The number of carbonyl (C=O) groups is 3. The topological polar surface area (TPSA) is 96.1 Å². The van der Waals surface area contributed by atoms with Gasteiger partial charge >= 0.3 is 11.9 Å². The summed E-state index contributed by atoms with van der Waals surface area (Å²) in [5.41, 5.74) is 5.20. The monoisotopic (exact) mass is 615 g/mol. The summed E-state index contributed by atoms with van der Waals surface area (Å²) in [7, 11) is 3.83. The van der Waals surface area contributed by atoms with Gasteiger partial charge < -0.3 is 19.5 Å². The number of allylic oxidation sites excluding steroid dienone is 6. The van der Waals surface area contributed by atoms with Crippen molar-refractivity contribution < 1.29 is 33.5 Å². The predicted molar refractivity (Wildman–Crippen MR) is 179 cm³/mol. The van der Waals surface area contributed by atoms with Crippen molar-refractivity contribution in [3.05, 3.63) is 133 Å². The Kier molecular flexibility index (Phi) is 9.00. The number of aliphatic hydroxyl groups excluding tert-OH is 1. The molecule has 232 valence electrons. The van der Waals surface area contributed by atoms with E-state index >= 15 is 0 Å². The summed E-state index contributed by atoms with van der Waals surface area (Å²) < 4.78 is 12.5.